The van der Waals surface area contributed by atoms with Crippen LogP contribution < -0.4 is 0 Å². The number of hydrogen-bond acceptors (Lipinski definition) is 2. The molecule has 1 unspecified atom stereocenters. The van der Waals surface area contributed by atoms with Gasteiger partial charge in [-0.3, -0.25) is 4.79 Å². The van der Waals surface area contributed by atoms with E-state index in [1.54, 1.807) is 0 Å². The molecular weight excluding hydrogens is 224 g/mol. The molecule has 1 aromatic carbocycles. The van der Waals surface area contributed by atoms with E-state index in [0.717, 1.165) is 18.4 Å². The van der Waals surface area contributed by atoms with Crippen LogP contribution in [0.25, 0.3) is 0 Å². The molecule has 0 radical (unpaired) electrons. The summed E-state index contributed by atoms with van der Waals surface area (Å²) in [5, 5.41) is 0. The minimum atomic E-state index is -0.0742. The van der Waals surface area contributed by atoms with Gasteiger partial charge in [0.1, 0.15) is 6.10 Å². The Morgan fingerprint density at radius 3 is 2.39 bits per heavy atom. The number of unbranched alkanes of at least 4 members (excludes halogenated alkanes) is 5. The number of carbonyl (C=O) groups excluding carboxylic acids is 1. The van der Waals surface area contributed by atoms with Crippen LogP contribution in [-0.4, -0.2) is 6.47 Å². The molecule has 1 aromatic rings. The normalized spacial score (nSPS) is 12.1. The van der Waals surface area contributed by atoms with Gasteiger partial charge in [-0.15, -0.1) is 0 Å². The van der Waals surface area contributed by atoms with Gasteiger partial charge in [0.15, 0.2) is 0 Å². The maximum absolute atomic E-state index is 10.5. The zero-order chi connectivity index (χ0) is 13.1. The molecule has 0 aromatic heterocycles. The molecule has 0 aliphatic rings. The quantitative estimate of drug-likeness (QED) is 0.445. The van der Waals surface area contributed by atoms with E-state index in [9.17, 15) is 4.79 Å². The zero-order valence-corrected chi connectivity index (χ0v) is 11.3. The van der Waals surface area contributed by atoms with Gasteiger partial charge in [-0.25, -0.2) is 0 Å². The molecule has 0 fully saturated rings. The fraction of sp³-hybridized carbons (Fsp3) is 0.562. The summed E-state index contributed by atoms with van der Waals surface area (Å²) in [4.78, 5) is 10.5. The van der Waals surface area contributed by atoms with Crippen molar-refractivity contribution in [1.29, 1.82) is 0 Å². The van der Waals surface area contributed by atoms with E-state index in [2.05, 4.69) is 6.92 Å². The molecule has 18 heavy (non-hydrogen) atoms. The van der Waals surface area contributed by atoms with Crippen molar-refractivity contribution in [2.24, 2.45) is 0 Å². The first-order valence-electron chi connectivity index (χ1n) is 7.02. The van der Waals surface area contributed by atoms with E-state index in [-0.39, 0.29) is 6.10 Å². The average Bonchev–Trinajstić information content (AvgIpc) is 2.42. The Morgan fingerprint density at radius 1 is 1.06 bits per heavy atom. The van der Waals surface area contributed by atoms with Crippen LogP contribution in [-0.2, 0) is 9.53 Å². The SMILES string of the molecule is CCCCCCCCC(OC=O)c1ccccc1. The summed E-state index contributed by atoms with van der Waals surface area (Å²) in [6.45, 7) is 2.79. The van der Waals surface area contributed by atoms with Crippen molar-refractivity contribution < 1.29 is 9.53 Å². The van der Waals surface area contributed by atoms with E-state index in [4.69, 9.17) is 4.74 Å². The van der Waals surface area contributed by atoms with Crippen LogP contribution >= 0.6 is 0 Å². The van der Waals surface area contributed by atoms with Crippen molar-refractivity contribution in [3.8, 4) is 0 Å². The van der Waals surface area contributed by atoms with Crippen LogP contribution in [0.2, 0.25) is 0 Å². The molecule has 0 saturated heterocycles. The first-order chi connectivity index (χ1) is 8.88. The highest BCUT2D eigenvalue weighted by molar-refractivity contribution is 5.38. The van der Waals surface area contributed by atoms with E-state index in [1.165, 1.54) is 32.1 Å². The summed E-state index contributed by atoms with van der Waals surface area (Å²) in [6.07, 6.45) is 8.41. The number of benzene rings is 1. The van der Waals surface area contributed by atoms with Crippen molar-refractivity contribution in [3.63, 3.8) is 0 Å². The van der Waals surface area contributed by atoms with Crippen molar-refractivity contribution in [3.05, 3.63) is 35.9 Å². The van der Waals surface area contributed by atoms with Crippen LogP contribution in [0.3, 0.4) is 0 Å². The fourth-order valence-electron chi connectivity index (χ4n) is 2.16. The van der Waals surface area contributed by atoms with Gasteiger partial charge in [0.2, 0.25) is 0 Å². The van der Waals surface area contributed by atoms with Gasteiger partial charge in [0.05, 0.1) is 0 Å². The first-order valence-corrected chi connectivity index (χ1v) is 7.02. The van der Waals surface area contributed by atoms with E-state index in [1.807, 2.05) is 30.3 Å². The van der Waals surface area contributed by atoms with E-state index >= 15 is 0 Å². The van der Waals surface area contributed by atoms with Gasteiger partial charge < -0.3 is 4.74 Å². The lowest BCUT2D eigenvalue weighted by atomic mass is 10.0. The highest BCUT2D eigenvalue weighted by atomic mass is 16.5. The third-order valence-electron chi connectivity index (χ3n) is 3.21. The predicted molar refractivity (Wildman–Crippen MR) is 74.3 cm³/mol. The molecule has 0 bridgehead atoms. The van der Waals surface area contributed by atoms with Gasteiger partial charge >= 0.3 is 0 Å². The molecule has 2 heteroatoms. The Balaban J connectivity index is 2.28. The van der Waals surface area contributed by atoms with Crippen molar-refractivity contribution in [1.82, 2.24) is 0 Å². The van der Waals surface area contributed by atoms with Gasteiger partial charge in [-0.2, -0.15) is 0 Å². The highest BCUT2D eigenvalue weighted by Gasteiger charge is 2.11. The van der Waals surface area contributed by atoms with Crippen molar-refractivity contribution >= 4 is 6.47 Å². The standard InChI is InChI=1S/C16H24O2/c1-2-3-4-5-6-10-13-16(18-14-17)15-11-8-7-9-12-15/h7-9,11-12,14,16H,2-6,10,13H2,1H3. The van der Waals surface area contributed by atoms with Crippen LogP contribution in [0.1, 0.15) is 63.5 Å². The van der Waals surface area contributed by atoms with Crippen molar-refractivity contribution in [2.75, 3.05) is 0 Å². The van der Waals surface area contributed by atoms with Gasteiger partial charge in [0.25, 0.3) is 6.47 Å². The lowest BCUT2D eigenvalue weighted by molar-refractivity contribution is -0.134. The van der Waals surface area contributed by atoms with Crippen LogP contribution in [0.15, 0.2) is 30.3 Å². The largest absolute Gasteiger partial charge is 0.460 e. The van der Waals surface area contributed by atoms with E-state index < -0.39 is 0 Å². The van der Waals surface area contributed by atoms with Gasteiger partial charge in [-0.05, 0) is 18.4 Å². The molecule has 0 heterocycles. The molecule has 0 N–H and O–H groups in total. The van der Waals surface area contributed by atoms with E-state index in [0.29, 0.717) is 6.47 Å². The first kappa shape index (κ1) is 14.7. The minimum absolute atomic E-state index is 0.0742. The summed E-state index contributed by atoms with van der Waals surface area (Å²) in [5.41, 5.74) is 1.10. The zero-order valence-electron chi connectivity index (χ0n) is 11.3. The number of hydrogen-bond donors (Lipinski definition) is 0. The Kier molecular flexibility index (Phi) is 7.94. The summed E-state index contributed by atoms with van der Waals surface area (Å²) in [5.74, 6) is 0. The van der Waals surface area contributed by atoms with Gasteiger partial charge in [-0.1, -0.05) is 69.4 Å². The molecule has 0 aliphatic heterocycles. The smallest absolute Gasteiger partial charge is 0.293 e. The molecule has 1 rings (SSSR count). The average molecular weight is 248 g/mol. The monoisotopic (exact) mass is 248 g/mol. The molecule has 100 valence electrons. The lowest BCUT2D eigenvalue weighted by Gasteiger charge is -2.15. The molecule has 0 saturated carbocycles. The molecule has 0 amide bonds. The number of rotatable bonds is 10. The molecule has 0 aliphatic carbocycles. The fourth-order valence-corrected chi connectivity index (χ4v) is 2.16. The summed E-state index contributed by atoms with van der Waals surface area (Å²) < 4.78 is 5.18. The molecular formula is C16H24O2. The Bertz CT molecular complexity index is 308. The Hall–Kier alpha value is -1.31. The maximum atomic E-state index is 10.5. The van der Waals surface area contributed by atoms with Crippen LogP contribution in [0.4, 0.5) is 0 Å². The van der Waals surface area contributed by atoms with Crippen LogP contribution in [0.5, 0.6) is 0 Å². The third kappa shape index (κ3) is 5.85. The number of carbonyl (C=O) groups is 1. The number of ether oxygens (including phenoxy) is 1. The Morgan fingerprint density at radius 2 is 1.72 bits per heavy atom. The second kappa shape index (κ2) is 9.69. The highest BCUT2D eigenvalue weighted by Crippen LogP contribution is 2.23. The predicted octanol–water partition coefficient (Wildman–Crippen LogP) is 4.65. The lowest BCUT2D eigenvalue weighted by Crippen LogP contribution is -2.03. The molecule has 1 atom stereocenters. The summed E-state index contributed by atoms with van der Waals surface area (Å²) in [6, 6.07) is 9.98. The Labute approximate surface area is 110 Å². The van der Waals surface area contributed by atoms with Gasteiger partial charge in [0, 0.05) is 0 Å². The topological polar surface area (TPSA) is 26.3 Å². The second-order valence-corrected chi connectivity index (χ2v) is 4.69. The second-order valence-electron chi connectivity index (χ2n) is 4.69. The summed E-state index contributed by atoms with van der Waals surface area (Å²) in [7, 11) is 0. The minimum Gasteiger partial charge on any atom is -0.460 e. The summed E-state index contributed by atoms with van der Waals surface area (Å²) >= 11 is 0. The third-order valence-corrected chi connectivity index (χ3v) is 3.21. The maximum Gasteiger partial charge on any atom is 0.293 e. The molecule has 0 spiro atoms. The van der Waals surface area contributed by atoms with Crippen molar-refractivity contribution in [2.45, 2.75) is 58.0 Å². The van der Waals surface area contributed by atoms with Crippen LogP contribution in [0, 0.1) is 0 Å². The molecule has 2 nitrogen and oxygen atoms in total.